The van der Waals surface area contributed by atoms with E-state index in [1.54, 1.807) is 12.1 Å². The molecule has 0 saturated carbocycles. The lowest BCUT2D eigenvalue weighted by Gasteiger charge is -2.15. The molecule has 0 radical (unpaired) electrons. The van der Waals surface area contributed by atoms with Gasteiger partial charge in [0.05, 0.1) is 18.3 Å². The van der Waals surface area contributed by atoms with Crippen molar-refractivity contribution >= 4 is 17.5 Å². The summed E-state index contributed by atoms with van der Waals surface area (Å²) in [6.45, 7) is 4.79. The number of aromatic nitrogens is 2. The molecule has 0 bridgehead atoms. The van der Waals surface area contributed by atoms with Crippen molar-refractivity contribution in [2.75, 3.05) is 11.9 Å². The highest BCUT2D eigenvalue weighted by Crippen LogP contribution is 2.33. The van der Waals surface area contributed by atoms with E-state index in [-0.39, 0.29) is 6.54 Å². The summed E-state index contributed by atoms with van der Waals surface area (Å²) in [5.41, 5.74) is 3.97. The Kier molecular flexibility index (Phi) is 6.09. The number of carbonyl (C=O) groups excluding carboxylic acids is 2. The van der Waals surface area contributed by atoms with Gasteiger partial charge in [0.15, 0.2) is 5.69 Å². The van der Waals surface area contributed by atoms with E-state index in [9.17, 15) is 22.8 Å². The summed E-state index contributed by atoms with van der Waals surface area (Å²) in [6.07, 6.45) is -3.93. The zero-order valence-electron chi connectivity index (χ0n) is 15.0. The first-order valence-corrected chi connectivity index (χ1v) is 8.14. The average Bonchev–Trinajstić information content (AvgIpc) is 3.05. The molecule has 1 aromatic heterocycles. The number of halogens is 3. The molecule has 0 atom stereocenters. The second-order valence-electron chi connectivity index (χ2n) is 6.16. The Balaban J connectivity index is 1.97. The van der Waals surface area contributed by atoms with Crippen LogP contribution in [-0.2, 0) is 11.0 Å². The molecule has 27 heavy (non-hydrogen) atoms. The van der Waals surface area contributed by atoms with Crippen molar-refractivity contribution in [2.24, 2.45) is 0 Å². The first-order valence-electron chi connectivity index (χ1n) is 8.14. The van der Waals surface area contributed by atoms with Gasteiger partial charge in [0.25, 0.3) is 11.8 Å². The van der Waals surface area contributed by atoms with Gasteiger partial charge in [0, 0.05) is 11.7 Å². The Morgan fingerprint density at radius 1 is 1.15 bits per heavy atom. The van der Waals surface area contributed by atoms with E-state index in [4.69, 9.17) is 0 Å². The first-order chi connectivity index (χ1) is 12.6. The minimum atomic E-state index is -4.76. The van der Waals surface area contributed by atoms with Crippen LogP contribution in [0.3, 0.4) is 0 Å². The van der Waals surface area contributed by atoms with Gasteiger partial charge in [-0.25, -0.2) is 0 Å². The van der Waals surface area contributed by atoms with Crippen molar-refractivity contribution in [2.45, 2.75) is 33.0 Å². The molecule has 10 heteroatoms. The van der Waals surface area contributed by atoms with Crippen LogP contribution in [0.25, 0.3) is 0 Å². The maximum absolute atomic E-state index is 13.3. The topological polar surface area (TPSA) is 88.1 Å². The maximum atomic E-state index is 13.3. The molecule has 2 aromatic rings. The summed E-state index contributed by atoms with van der Waals surface area (Å²) >= 11 is 0. The van der Waals surface area contributed by atoms with Gasteiger partial charge in [0.2, 0.25) is 0 Å². The van der Waals surface area contributed by atoms with Gasteiger partial charge in [0.1, 0.15) is 0 Å². The molecule has 3 N–H and O–H groups in total. The molecule has 0 spiro atoms. The van der Waals surface area contributed by atoms with E-state index in [1.165, 1.54) is 13.8 Å². The largest absolute Gasteiger partial charge is 0.433 e. The van der Waals surface area contributed by atoms with Gasteiger partial charge in [-0.15, -0.1) is 0 Å². The van der Waals surface area contributed by atoms with Crippen LogP contribution in [0.1, 0.15) is 41.5 Å². The van der Waals surface area contributed by atoms with Crippen LogP contribution < -0.4 is 16.2 Å². The molecule has 146 valence electrons. The summed E-state index contributed by atoms with van der Waals surface area (Å²) in [5, 5.41) is 6.45. The second-order valence-corrected chi connectivity index (χ2v) is 6.16. The lowest BCUT2D eigenvalue weighted by Crippen LogP contribution is -2.44. The summed E-state index contributed by atoms with van der Waals surface area (Å²) in [6, 6.07) is 6.67. The number of benzene rings is 1. The first kappa shape index (κ1) is 20.3. The Morgan fingerprint density at radius 2 is 1.78 bits per heavy atom. The molecular weight excluding hydrogens is 363 g/mol. The van der Waals surface area contributed by atoms with Crippen LogP contribution in [-0.4, -0.2) is 28.1 Å². The summed E-state index contributed by atoms with van der Waals surface area (Å²) in [4.78, 5) is 23.8. The molecule has 2 rings (SSSR count). The molecule has 0 saturated heterocycles. The van der Waals surface area contributed by atoms with E-state index >= 15 is 0 Å². The molecular formula is C17H20F3N5O2. The Hall–Kier alpha value is -3.04. The van der Waals surface area contributed by atoms with Gasteiger partial charge >= 0.3 is 6.18 Å². The number of hydrogen-bond donors (Lipinski definition) is 3. The summed E-state index contributed by atoms with van der Waals surface area (Å²) < 4.78 is 40.5. The molecule has 0 fully saturated rings. The van der Waals surface area contributed by atoms with E-state index in [0.29, 0.717) is 5.69 Å². The predicted molar refractivity (Wildman–Crippen MR) is 92.9 cm³/mol. The van der Waals surface area contributed by atoms with Crippen molar-refractivity contribution in [1.82, 2.24) is 20.6 Å². The second kappa shape index (κ2) is 8.11. The van der Waals surface area contributed by atoms with Crippen LogP contribution in [0, 0.1) is 6.92 Å². The number of nitrogens with one attached hydrogen (secondary N) is 3. The Labute approximate surface area is 153 Å². The highest BCUT2D eigenvalue weighted by molar-refractivity contribution is 5.96. The zero-order chi connectivity index (χ0) is 20.2. The molecule has 0 unspecified atom stereocenters. The number of nitrogens with zero attached hydrogens (tertiary/aromatic N) is 2. The number of anilines is 1. The van der Waals surface area contributed by atoms with Gasteiger partial charge in [-0.05, 0) is 32.9 Å². The van der Waals surface area contributed by atoms with Crippen LogP contribution in [0.4, 0.5) is 18.9 Å². The molecule has 1 aromatic carbocycles. The van der Waals surface area contributed by atoms with Crippen molar-refractivity contribution in [3.05, 3.63) is 47.3 Å². The Bertz CT molecular complexity index is 813. The van der Waals surface area contributed by atoms with Gasteiger partial charge in [-0.2, -0.15) is 18.3 Å². The van der Waals surface area contributed by atoms with Gasteiger partial charge in [-0.1, -0.05) is 17.7 Å². The smallest absolute Gasteiger partial charge is 0.376 e. The SMILES string of the molecule is Cc1ccc(NCC(=O)NNC(=O)c2cnn(C(C)C)c2C(F)(F)F)cc1. The number of hydrazine groups is 1. The molecule has 7 nitrogen and oxygen atoms in total. The van der Waals surface area contributed by atoms with Crippen LogP contribution >= 0.6 is 0 Å². The number of hydrogen-bond acceptors (Lipinski definition) is 4. The standard InChI is InChI=1S/C17H20F3N5O2/c1-10(2)25-15(17(18,19)20)13(8-22-25)16(27)24-23-14(26)9-21-12-6-4-11(3)5-7-12/h4-8,10,21H,9H2,1-3H3,(H,23,26)(H,24,27). The summed E-state index contributed by atoms with van der Waals surface area (Å²) in [7, 11) is 0. The van der Waals surface area contributed by atoms with Crippen LogP contribution in [0.15, 0.2) is 30.5 Å². The van der Waals surface area contributed by atoms with Crippen molar-refractivity contribution in [1.29, 1.82) is 0 Å². The van der Waals surface area contributed by atoms with E-state index in [1.807, 2.05) is 24.5 Å². The normalized spacial score (nSPS) is 11.4. The predicted octanol–water partition coefficient (Wildman–Crippen LogP) is 2.66. The molecule has 0 aliphatic heterocycles. The minimum absolute atomic E-state index is 0.166. The van der Waals surface area contributed by atoms with Crippen LogP contribution in [0.5, 0.6) is 0 Å². The average molecular weight is 383 g/mol. The van der Waals surface area contributed by atoms with E-state index in [0.717, 1.165) is 16.4 Å². The van der Waals surface area contributed by atoms with Gasteiger partial charge < -0.3 is 5.32 Å². The number of carbonyl (C=O) groups is 2. The van der Waals surface area contributed by atoms with Gasteiger partial charge in [-0.3, -0.25) is 25.1 Å². The monoisotopic (exact) mass is 383 g/mol. The van der Waals surface area contributed by atoms with Crippen LogP contribution in [0.2, 0.25) is 0 Å². The number of rotatable bonds is 5. The number of alkyl halides is 3. The number of amides is 2. The summed E-state index contributed by atoms with van der Waals surface area (Å²) in [5.74, 6) is -1.72. The zero-order valence-corrected chi connectivity index (χ0v) is 15.0. The molecule has 0 aliphatic rings. The quantitative estimate of drug-likeness (QED) is 0.693. The highest BCUT2D eigenvalue weighted by atomic mass is 19.4. The molecule has 1 heterocycles. The fourth-order valence-electron chi connectivity index (χ4n) is 2.29. The van der Waals surface area contributed by atoms with E-state index < -0.39 is 35.3 Å². The molecule has 0 aliphatic carbocycles. The van der Waals surface area contributed by atoms with E-state index in [2.05, 4.69) is 15.8 Å². The third-order valence-corrected chi connectivity index (χ3v) is 3.62. The van der Waals surface area contributed by atoms with Crippen molar-refractivity contribution in [3.8, 4) is 0 Å². The lowest BCUT2D eigenvalue weighted by molar-refractivity contribution is -0.145. The fraction of sp³-hybridized carbons (Fsp3) is 0.353. The fourth-order valence-corrected chi connectivity index (χ4v) is 2.29. The van der Waals surface area contributed by atoms with Crippen molar-refractivity contribution in [3.63, 3.8) is 0 Å². The van der Waals surface area contributed by atoms with Crippen molar-refractivity contribution < 1.29 is 22.8 Å². The lowest BCUT2D eigenvalue weighted by atomic mass is 10.2. The highest BCUT2D eigenvalue weighted by Gasteiger charge is 2.40. The minimum Gasteiger partial charge on any atom is -0.376 e. The maximum Gasteiger partial charge on any atom is 0.433 e. The number of aryl methyl sites for hydroxylation is 1. The third kappa shape index (κ3) is 5.22. The molecule has 2 amide bonds. The Morgan fingerprint density at radius 3 is 2.33 bits per heavy atom. The third-order valence-electron chi connectivity index (χ3n) is 3.62.